The van der Waals surface area contributed by atoms with Gasteiger partial charge < -0.3 is 5.11 Å². The van der Waals surface area contributed by atoms with E-state index in [1.807, 2.05) is 38.1 Å². The Balaban J connectivity index is 2.53. The van der Waals surface area contributed by atoms with Crippen molar-refractivity contribution in [2.45, 2.75) is 26.4 Å². The van der Waals surface area contributed by atoms with Gasteiger partial charge in [0.1, 0.15) is 11.4 Å². The highest BCUT2D eigenvalue weighted by atomic mass is 19.1. The van der Waals surface area contributed by atoms with Crippen molar-refractivity contribution in [3.8, 4) is 0 Å². The number of hydrogen-bond donors (Lipinski definition) is 1. The molecule has 0 aliphatic rings. The van der Waals surface area contributed by atoms with E-state index in [9.17, 15) is 9.50 Å². The van der Waals surface area contributed by atoms with Gasteiger partial charge in [-0.1, -0.05) is 41.5 Å². The molecule has 2 aromatic rings. The fourth-order valence-corrected chi connectivity index (χ4v) is 2.05. The van der Waals surface area contributed by atoms with Crippen molar-refractivity contribution in [3.63, 3.8) is 0 Å². The summed E-state index contributed by atoms with van der Waals surface area (Å²) in [6.07, 6.45) is 0. The van der Waals surface area contributed by atoms with Crippen molar-refractivity contribution in [3.05, 3.63) is 70.5 Å². The minimum Gasteiger partial charge on any atom is -0.381 e. The van der Waals surface area contributed by atoms with E-state index in [1.54, 1.807) is 19.1 Å². The van der Waals surface area contributed by atoms with E-state index in [-0.39, 0.29) is 5.82 Å². The van der Waals surface area contributed by atoms with Gasteiger partial charge in [0, 0.05) is 5.56 Å². The lowest BCUT2D eigenvalue weighted by Crippen LogP contribution is -2.24. The largest absolute Gasteiger partial charge is 0.381 e. The Morgan fingerprint density at radius 3 is 2.11 bits per heavy atom. The van der Waals surface area contributed by atoms with Crippen LogP contribution in [0.25, 0.3) is 0 Å². The van der Waals surface area contributed by atoms with E-state index < -0.39 is 5.60 Å². The van der Waals surface area contributed by atoms with Crippen LogP contribution in [0.15, 0.2) is 42.5 Å². The molecule has 94 valence electrons. The van der Waals surface area contributed by atoms with Crippen molar-refractivity contribution < 1.29 is 9.50 Å². The number of halogens is 1. The molecule has 0 fully saturated rings. The number of aryl methyl sites for hydroxylation is 2. The molecule has 0 aliphatic heterocycles. The molecule has 0 aromatic heterocycles. The molecule has 1 N–H and O–H groups in total. The third-order valence-corrected chi connectivity index (χ3v) is 3.26. The monoisotopic (exact) mass is 244 g/mol. The van der Waals surface area contributed by atoms with Crippen molar-refractivity contribution in [1.29, 1.82) is 0 Å². The van der Waals surface area contributed by atoms with Crippen LogP contribution >= 0.6 is 0 Å². The van der Waals surface area contributed by atoms with Gasteiger partial charge in [-0.05, 0) is 38.5 Å². The predicted molar refractivity (Wildman–Crippen MR) is 71.0 cm³/mol. The molecule has 0 saturated heterocycles. The second-order valence-corrected chi connectivity index (χ2v) is 4.92. The molecule has 0 amide bonds. The molecule has 0 heterocycles. The van der Waals surface area contributed by atoms with Gasteiger partial charge in [-0.15, -0.1) is 0 Å². The molecule has 1 unspecified atom stereocenters. The lowest BCUT2D eigenvalue weighted by molar-refractivity contribution is 0.0979. The Morgan fingerprint density at radius 1 is 0.944 bits per heavy atom. The van der Waals surface area contributed by atoms with Crippen LogP contribution in [0.1, 0.15) is 29.2 Å². The maximum Gasteiger partial charge on any atom is 0.129 e. The molecule has 18 heavy (non-hydrogen) atoms. The molecular weight excluding hydrogens is 227 g/mol. The Morgan fingerprint density at radius 2 is 1.50 bits per heavy atom. The highest BCUT2D eigenvalue weighted by Gasteiger charge is 2.28. The predicted octanol–water partition coefficient (Wildman–Crippen LogP) is 3.70. The minimum atomic E-state index is -1.32. The number of rotatable bonds is 2. The van der Waals surface area contributed by atoms with Crippen LogP contribution in [-0.2, 0) is 5.60 Å². The van der Waals surface area contributed by atoms with Gasteiger partial charge in [-0.2, -0.15) is 0 Å². The molecule has 0 spiro atoms. The molecule has 2 rings (SSSR count). The van der Waals surface area contributed by atoms with Crippen LogP contribution < -0.4 is 0 Å². The summed E-state index contributed by atoms with van der Waals surface area (Å²) in [5, 5.41) is 10.6. The number of aliphatic hydroxyl groups is 1. The van der Waals surface area contributed by atoms with E-state index in [4.69, 9.17) is 0 Å². The third-order valence-electron chi connectivity index (χ3n) is 3.26. The van der Waals surface area contributed by atoms with Gasteiger partial charge in [-0.3, -0.25) is 0 Å². The summed E-state index contributed by atoms with van der Waals surface area (Å²) in [4.78, 5) is 0. The van der Waals surface area contributed by atoms with Crippen molar-refractivity contribution in [2.75, 3.05) is 0 Å². The van der Waals surface area contributed by atoms with Gasteiger partial charge in [0.15, 0.2) is 0 Å². The average molecular weight is 244 g/mol. The highest BCUT2D eigenvalue weighted by molar-refractivity contribution is 5.38. The molecule has 1 nitrogen and oxygen atoms in total. The van der Waals surface area contributed by atoms with Crippen molar-refractivity contribution in [1.82, 2.24) is 0 Å². The minimum absolute atomic E-state index is 0.311. The summed E-state index contributed by atoms with van der Waals surface area (Å²) in [6.45, 7) is 5.48. The van der Waals surface area contributed by atoms with Gasteiger partial charge in [0.2, 0.25) is 0 Å². The van der Waals surface area contributed by atoms with Crippen LogP contribution in [0, 0.1) is 19.7 Å². The molecule has 1 atom stereocenters. The number of hydrogen-bond acceptors (Lipinski definition) is 1. The lowest BCUT2D eigenvalue weighted by Gasteiger charge is -2.25. The van der Waals surface area contributed by atoms with E-state index in [0.717, 1.165) is 11.1 Å². The summed E-state index contributed by atoms with van der Waals surface area (Å²) in [5.41, 5.74) is 1.73. The first kappa shape index (κ1) is 12.8. The quantitative estimate of drug-likeness (QED) is 0.854. The fourth-order valence-electron chi connectivity index (χ4n) is 2.05. The summed E-state index contributed by atoms with van der Waals surface area (Å²) in [6, 6.07) is 12.3. The second-order valence-electron chi connectivity index (χ2n) is 4.92. The fraction of sp³-hybridized carbons (Fsp3) is 0.250. The summed E-state index contributed by atoms with van der Waals surface area (Å²) < 4.78 is 13.9. The topological polar surface area (TPSA) is 20.2 Å². The normalized spacial score (nSPS) is 14.3. The third kappa shape index (κ3) is 2.29. The first-order chi connectivity index (χ1) is 8.41. The summed E-state index contributed by atoms with van der Waals surface area (Å²) >= 11 is 0. The van der Waals surface area contributed by atoms with Crippen molar-refractivity contribution >= 4 is 0 Å². The zero-order valence-electron chi connectivity index (χ0n) is 10.9. The smallest absolute Gasteiger partial charge is 0.129 e. The van der Waals surface area contributed by atoms with Gasteiger partial charge in [0.05, 0.1) is 0 Å². The molecule has 0 aliphatic carbocycles. The Hall–Kier alpha value is -1.67. The van der Waals surface area contributed by atoms with Crippen LogP contribution in [0.3, 0.4) is 0 Å². The van der Waals surface area contributed by atoms with E-state index in [2.05, 4.69) is 0 Å². The van der Waals surface area contributed by atoms with Gasteiger partial charge in [0.25, 0.3) is 0 Å². The first-order valence-electron chi connectivity index (χ1n) is 5.97. The Labute approximate surface area is 107 Å². The molecular formula is C16H17FO. The van der Waals surface area contributed by atoms with E-state index in [0.29, 0.717) is 11.1 Å². The zero-order chi connectivity index (χ0) is 13.3. The van der Waals surface area contributed by atoms with Gasteiger partial charge in [-0.25, -0.2) is 4.39 Å². The van der Waals surface area contributed by atoms with Crippen LogP contribution in [0.4, 0.5) is 4.39 Å². The molecule has 0 saturated carbocycles. The standard InChI is InChI=1S/C16H17FO/c1-11-4-7-13(8-5-11)16(3,18)14-10-12(2)6-9-15(14)17/h4-10,18H,1-3H3. The van der Waals surface area contributed by atoms with E-state index in [1.165, 1.54) is 6.07 Å². The first-order valence-corrected chi connectivity index (χ1v) is 5.97. The molecule has 2 aromatic carbocycles. The number of benzene rings is 2. The zero-order valence-corrected chi connectivity index (χ0v) is 10.9. The Kier molecular flexibility index (Phi) is 3.22. The highest BCUT2D eigenvalue weighted by Crippen LogP contribution is 2.31. The average Bonchev–Trinajstić information content (AvgIpc) is 2.32. The second kappa shape index (κ2) is 4.54. The van der Waals surface area contributed by atoms with Gasteiger partial charge >= 0.3 is 0 Å². The Bertz CT molecular complexity index is 556. The maximum atomic E-state index is 13.9. The van der Waals surface area contributed by atoms with E-state index >= 15 is 0 Å². The molecule has 0 bridgehead atoms. The molecule has 2 heteroatoms. The SMILES string of the molecule is Cc1ccc(C(C)(O)c2cc(C)ccc2F)cc1. The summed E-state index contributed by atoms with van der Waals surface area (Å²) in [5.74, 6) is -0.383. The lowest BCUT2D eigenvalue weighted by atomic mass is 9.87. The maximum absolute atomic E-state index is 13.9. The molecule has 0 radical (unpaired) electrons. The van der Waals surface area contributed by atoms with Crippen LogP contribution in [-0.4, -0.2) is 5.11 Å². The van der Waals surface area contributed by atoms with Crippen molar-refractivity contribution in [2.24, 2.45) is 0 Å². The van der Waals surface area contributed by atoms with Crippen LogP contribution in [0.5, 0.6) is 0 Å². The van der Waals surface area contributed by atoms with Crippen LogP contribution in [0.2, 0.25) is 0 Å². The summed E-state index contributed by atoms with van der Waals surface area (Å²) in [7, 11) is 0.